The maximum atomic E-state index is 10.4. The molecule has 0 heterocycles. The van der Waals surface area contributed by atoms with Crippen LogP contribution in [0.1, 0.15) is 26.7 Å². The van der Waals surface area contributed by atoms with Crippen LogP contribution in [0, 0.1) is 5.92 Å². The molecule has 76 valence electrons. The zero-order chi connectivity index (χ0) is 10.1. The molecule has 0 aromatic heterocycles. The van der Waals surface area contributed by atoms with E-state index in [1.165, 1.54) is 0 Å². The van der Waals surface area contributed by atoms with Gasteiger partial charge in [0.1, 0.15) is 0 Å². The largest absolute Gasteiger partial charge is 0.481 e. The number of hydrogen-bond donors (Lipinski definition) is 1. The molecule has 3 nitrogen and oxygen atoms in total. The van der Waals surface area contributed by atoms with Gasteiger partial charge < -0.3 is 9.84 Å². The fourth-order valence-electron chi connectivity index (χ4n) is 0.765. The Morgan fingerprint density at radius 2 is 2.23 bits per heavy atom. The first-order valence-electron chi connectivity index (χ1n) is 4.64. The molecule has 0 bridgehead atoms. The number of hydrogen-bond acceptors (Lipinski definition) is 2. The lowest BCUT2D eigenvalue weighted by atomic mass is 10.1. The van der Waals surface area contributed by atoms with Gasteiger partial charge in [0.2, 0.25) is 0 Å². The van der Waals surface area contributed by atoms with Crippen molar-refractivity contribution in [2.75, 3.05) is 13.2 Å². The molecule has 0 aliphatic rings. The van der Waals surface area contributed by atoms with Gasteiger partial charge in [0.15, 0.2) is 0 Å². The first-order chi connectivity index (χ1) is 6.18. The topological polar surface area (TPSA) is 46.5 Å². The summed E-state index contributed by atoms with van der Waals surface area (Å²) in [6.07, 6.45) is 5.31. The van der Waals surface area contributed by atoms with Crippen molar-refractivity contribution in [1.29, 1.82) is 0 Å². The second kappa shape index (κ2) is 7.80. The Morgan fingerprint density at radius 3 is 2.77 bits per heavy atom. The highest BCUT2D eigenvalue weighted by atomic mass is 16.5. The second-order valence-corrected chi connectivity index (χ2v) is 3.02. The predicted octanol–water partition coefficient (Wildman–Crippen LogP) is 2.08. The maximum Gasteiger partial charge on any atom is 0.306 e. The third-order valence-electron chi connectivity index (χ3n) is 1.64. The molecule has 0 radical (unpaired) electrons. The smallest absolute Gasteiger partial charge is 0.306 e. The van der Waals surface area contributed by atoms with E-state index in [1.54, 1.807) is 6.92 Å². The van der Waals surface area contributed by atoms with Gasteiger partial charge in [0.25, 0.3) is 0 Å². The lowest BCUT2D eigenvalue weighted by Gasteiger charge is -2.00. The number of allylic oxidation sites excluding steroid dienone is 1. The van der Waals surface area contributed by atoms with Crippen molar-refractivity contribution in [1.82, 2.24) is 0 Å². The Hall–Kier alpha value is -0.830. The van der Waals surface area contributed by atoms with Crippen LogP contribution >= 0.6 is 0 Å². The van der Waals surface area contributed by atoms with Crippen LogP contribution in [-0.4, -0.2) is 24.3 Å². The third kappa shape index (κ3) is 7.53. The van der Waals surface area contributed by atoms with Crippen LogP contribution in [0.3, 0.4) is 0 Å². The maximum absolute atomic E-state index is 10.4. The van der Waals surface area contributed by atoms with Crippen molar-refractivity contribution in [3.8, 4) is 0 Å². The molecular formula is C10H18O3. The monoisotopic (exact) mass is 186 g/mol. The predicted molar refractivity (Wildman–Crippen MR) is 51.7 cm³/mol. The Labute approximate surface area is 79.4 Å². The highest BCUT2D eigenvalue weighted by molar-refractivity contribution is 5.69. The number of ether oxygens (including phenoxy) is 1. The van der Waals surface area contributed by atoms with E-state index >= 15 is 0 Å². The molecule has 0 amide bonds. The van der Waals surface area contributed by atoms with Crippen LogP contribution in [0.15, 0.2) is 12.2 Å². The average Bonchev–Trinajstić information content (AvgIpc) is 2.10. The fraction of sp³-hybridized carbons (Fsp3) is 0.700. The Bertz CT molecular complexity index is 164. The van der Waals surface area contributed by atoms with Crippen molar-refractivity contribution in [3.63, 3.8) is 0 Å². The molecule has 0 saturated heterocycles. The van der Waals surface area contributed by atoms with Crippen LogP contribution in [0.25, 0.3) is 0 Å². The minimum Gasteiger partial charge on any atom is -0.481 e. The number of carboxylic acid groups (broad SMARTS) is 1. The van der Waals surface area contributed by atoms with Gasteiger partial charge in [0, 0.05) is 6.61 Å². The Kier molecular flexibility index (Phi) is 7.30. The van der Waals surface area contributed by atoms with Crippen molar-refractivity contribution in [2.45, 2.75) is 26.7 Å². The van der Waals surface area contributed by atoms with Crippen LogP contribution < -0.4 is 0 Å². The quantitative estimate of drug-likeness (QED) is 0.489. The third-order valence-corrected chi connectivity index (χ3v) is 1.64. The highest BCUT2D eigenvalue weighted by Gasteiger charge is 2.06. The number of aliphatic carboxylic acids is 1. The van der Waals surface area contributed by atoms with Crippen molar-refractivity contribution in [2.24, 2.45) is 5.92 Å². The first kappa shape index (κ1) is 12.2. The minimum absolute atomic E-state index is 0.303. The minimum atomic E-state index is -0.751. The fourth-order valence-corrected chi connectivity index (χ4v) is 0.765. The van der Waals surface area contributed by atoms with Gasteiger partial charge in [-0.15, -0.1) is 0 Å². The van der Waals surface area contributed by atoms with Gasteiger partial charge >= 0.3 is 5.97 Å². The summed E-state index contributed by atoms with van der Waals surface area (Å²) in [7, 11) is 0. The highest BCUT2D eigenvalue weighted by Crippen LogP contribution is 2.01. The van der Waals surface area contributed by atoms with E-state index in [9.17, 15) is 4.79 Å². The van der Waals surface area contributed by atoms with Gasteiger partial charge in [-0.05, 0) is 12.8 Å². The van der Waals surface area contributed by atoms with Gasteiger partial charge in [-0.1, -0.05) is 26.0 Å². The van der Waals surface area contributed by atoms with Gasteiger partial charge in [-0.25, -0.2) is 0 Å². The molecule has 3 heteroatoms. The average molecular weight is 186 g/mol. The Balaban J connectivity index is 3.35. The summed E-state index contributed by atoms with van der Waals surface area (Å²) >= 11 is 0. The number of rotatable bonds is 7. The summed E-state index contributed by atoms with van der Waals surface area (Å²) in [4.78, 5) is 10.4. The van der Waals surface area contributed by atoms with Crippen LogP contribution in [0.5, 0.6) is 0 Å². The molecular weight excluding hydrogens is 168 g/mol. The molecule has 1 unspecified atom stereocenters. The van der Waals surface area contributed by atoms with Gasteiger partial charge in [-0.2, -0.15) is 0 Å². The van der Waals surface area contributed by atoms with Crippen LogP contribution in [-0.2, 0) is 9.53 Å². The second-order valence-electron chi connectivity index (χ2n) is 3.02. The molecule has 0 aromatic rings. The molecule has 13 heavy (non-hydrogen) atoms. The molecule has 0 saturated carbocycles. The van der Waals surface area contributed by atoms with Crippen molar-refractivity contribution >= 4 is 5.97 Å². The van der Waals surface area contributed by atoms with Gasteiger partial charge in [-0.3, -0.25) is 4.79 Å². The summed E-state index contributed by atoms with van der Waals surface area (Å²) < 4.78 is 5.19. The van der Waals surface area contributed by atoms with E-state index in [2.05, 4.69) is 6.92 Å². The summed E-state index contributed by atoms with van der Waals surface area (Å²) in [6, 6.07) is 0. The summed E-state index contributed by atoms with van der Waals surface area (Å²) in [5.74, 6) is -1.05. The van der Waals surface area contributed by atoms with E-state index in [0.29, 0.717) is 13.0 Å². The zero-order valence-electron chi connectivity index (χ0n) is 8.32. The summed E-state index contributed by atoms with van der Waals surface area (Å²) in [5.41, 5.74) is 0. The van der Waals surface area contributed by atoms with E-state index in [1.807, 2.05) is 12.2 Å². The first-order valence-corrected chi connectivity index (χ1v) is 4.64. The van der Waals surface area contributed by atoms with Crippen LogP contribution in [0.4, 0.5) is 0 Å². The molecule has 1 N–H and O–H groups in total. The van der Waals surface area contributed by atoms with E-state index < -0.39 is 5.97 Å². The van der Waals surface area contributed by atoms with E-state index in [-0.39, 0.29) is 5.92 Å². The summed E-state index contributed by atoms with van der Waals surface area (Å²) in [6.45, 7) is 5.09. The normalized spacial score (nSPS) is 13.4. The SMILES string of the molecule is CCCOC/C=C/CC(C)C(=O)O. The van der Waals surface area contributed by atoms with Crippen molar-refractivity contribution in [3.05, 3.63) is 12.2 Å². The lowest BCUT2D eigenvalue weighted by Crippen LogP contribution is -2.07. The molecule has 1 atom stereocenters. The van der Waals surface area contributed by atoms with E-state index in [0.717, 1.165) is 13.0 Å². The number of carboxylic acids is 1. The standard InChI is InChI=1S/C10H18O3/c1-3-7-13-8-5-4-6-9(2)10(11)12/h4-5,9H,3,6-8H2,1-2H3,(H,11,12)/b5-4+. The molecule has 0 fully saturated rings. The summed E-state index contributed by atoms with van der Waals surface area (Å²) in [5, 5.41) is 8.56. The lowest BCUT2D eigenvalue weighted by molar-refractivity contribution is -0.140. The molecule has 0 spiro atoms. The zero-order valence-corrected chi connectivity index (χ0v) is 8.32. The van der Waals surface area contributed by atoms with Crippen LogP contribution in [0.2, 0.25) is 0 Å². The van der Waals surface area contributed by atoms with Gasteiger partial charge in [0.05, 0.1) is 12.5 Å². The van der Waals surface area contributed by atoms with E-state index in [4.69, 9.17) is 9.84 Å². The van der Waals surface area contributed by atoms with Crippen molar-refractivity contribution < 1.29 is 14.6 Å². The Morgan fingerprint density at radius 1 is 1.54 bits per heavy atom. The number of carbonyl (C=O) groups is 1. The molecule has 0 rings (SSSR count). The molecule has 0 aliphatic carbocycles. The molecule has 0 aromatic carbocycles. The molecule has 0 aliphatic heterocycles.